The SMILES string of the molecule is CC(OC(=O)N(C)CCN)OC(=O)C(C)(C)Oc1ccc(CCNC(=O)c2ccc(Cl)cc2)cc1. The molecule has 0 aliphatic rings. The van der Waals surface area contributed by atoms with Crippen LogP contribution in [0, 0.1) is 0 Å². The largest absolute Gasteiger partial charge is 0.476 e. The van der Waals surface area contributed by atoms with Crippen molar-refractivity contribution in [3.63, 3.8) is 0 Å². The van der Waals surface area contributed by atoms with Crippen molar-refractivity contribution in [2.24, 2.45) is 5.73 Å². The molecule has 0 fully saturated rings. The van der Waals surface area contributed by atoms with Crippen molar-refractivity contribution in [1.82, 2.24) is 10.2 Å². The Morgan fingerprint density at radius 3 is 2.29 bits per heavy atom. The number of likely N-dealkylation sites (N-methyl/N-ethyl adjacent to an activating group) is 1. The molecule has 0 radical (unpaired) electrons. The summed E-state index contributed by atoms with van der Waals surface area (Å²) in [6, 6.07) is 13.8. The smallest absolute Gasteiger partial charge is 0.412 e. The summed E-state index contributed by atoms with van der Waals surface area (Å²) in [5.74, 6) is -0.394. The van der Waals surface area contributed by atoms with Crippen LogP contribution in [0.4, 0.5) is 4.79 Å². The minimum absolute atomic E-state index is 0.173. The number of amides is 2. The van der Waals surface area contributed by atoms with Gasteiger partial charge < -0.3 is 30.2 Å². The third kappa shape index (κ3) is 9.11. The molecular weight excluding hydrogens is 474 g/mol. The van der Waals surface area contributed by atoms with Gasteiger partial charge in [0, 0.05) is 44.2 Å². The number of hydrogen-bond acceptors (Lipinski definition) is 7. The molecule has 3 N–H and O–H groups in total. The maximum Gasteiger partial charge on any atom is 0.412 e. The lowest BCUT2D eigenvalue weighted by Crippen LogP contribution is -2.42. The predicted molar refractivity (Wildman–Crippen MR) is 132 cm³/mol. The van der Waals surface area contributed by atoms with E-state index in [0.717, 1.165) is 5.56 Å². The zero-order valence-corrected chi connectivity index (χ0v) is 21.1. The molecule has 9 nitrogen and oxygen atoms in total. The van der Waals surface area contributed by atoms with E-state index in [9.17, 15) is 14.4 Å². The summed E-state index contributed by atoms with van der Waals surface area (Å²) in [5, 5.41) is 3.43. The number of nitrogens with one attached hydrogen (secondary N) is 1. The lowest BCUT2D eigenvalue weighted by atomic mass is 10.1. The second kappa shape index (κ2) is 13.0. The summed E-state index contributed by atoms with van der Waals surface area (Å²) < 4.78 is 16.1. The van der Waals surface area contributed by atoms with Gasteiger partial charge in [-0.2, -0.15) is 0 Å². The highest BCUT2D eigenvalue weighted by Crippen LogP contribution is 2.21. The summed E-state index contributed by atoms with van der Waals surface area (Å²) in [6.07, 6.45) is -1.12. The van der Waals surface area contributed by atoms with E-state index in [4.69, 9.17) is 31.5 Å². The maximum absolute atomic E-state index is 12.5. The maximum atomic E-state index is 12.5. The molecule has 2 rings (SSSR count). The Labute approximate surface area is 210 Å². The number of rotatable bonds is 11. The van der Waals surface area contributed by atoms with Crippen molar-refractivity contribution < 1.29 is 28.6 Å². The molecule has 2 amide bonds. The summed E-state index contributed by atoms with van der Waals surface area (Å²) in [6.45, 7) is 5.63. The van der Waals surface area contributed by atoms with Crippen LogP contribution in [0.15, 0.2) is 48.5 Å². The van der Waals surface area contributed by atoms with Crippen LogP contribution in [0.3, 0.4) is 0 Å². The molecule has 190 valence electrons. The number of halogens is 1. The van der Waals surface area contributed by atoms with Crippen molar-refractivity contribution in [3.05, 3.63) is 64.7 Å². The number of carbonyl (C=O) groups excluding carboxylic acids is 3. The van der Waals surface area contributed by atoms with Crippen LogP contribution < -0.4 is 15.8 Å². The van der Waals surface area contributed by atoms with E-state index < -0.39 is 24.0 Å². The molecule has 0 spiro atoms. The first-order chi connectivity index (χ1) is 16.5. The van der Waals surface area contributed by atoms with Gasteiger partial charge in [0.2, 0.25) is 6.29 Å². The topological polar surface area (TPSA) is 120 Å². The molecule has 1 unspecified atom stereocenters. The summed E-state index contributed by atoms with van der Waals surface area (Å²) in [4.78, 5) is 37.9. The fourth-order valence-corrected chi connectivity index (χ4v) is 3.04. The fourth-order valence-electron chi connectivity index (χ4n) is 2.92. The highest BCUT2D eigenvalue weighted by Gasteiger charge is 2.34. The number of carbonyl (C=O) groups is 3. The molecule has 0 saturated heterocycles. The van der Waals surface area contributed by atoms with Crippen LogP contribution in [0.5, 0.6) is 5.75 Å². The fraction of sp³-hybridized carbons (Fsp3) is 0.400. The molecule has 0 saturated carbocycles. The van der Waals surface area contributed by atoms with E-state index in [1.165, 1.54) is 18.9 Å². The lowest BCUT2D eigenvalue weighted by Gasteiger charge is -2.27. The van der Waals surface area contributed by atoms with Gasteiger partial charge in [0.25, 0.3) is 5.91 Å². The van der Waals surface area contributed by atoms with Gasteiger partial charge in [-0.25, -0.2) is 9.59 Å². The van der Waals surface area contributed by atoms with Crippen molar-refractivity contribution >= 4 is 29.6 Å². The molecular formula is C25H32ClN3O6. The first-order valence-electron chi connectivity index (χ1n) is 11.2. The van der Waals surface area contributed by atoms with E-state index in [2.05, 4.69) is 5.32 Å². The first kappa shape index (κ1) is 27.9. The van der Waals surface area contributed by atoms with Crippen LogP contribution in [0.25, 0.3) is 0 Å². The third-order valence-corrected chi connectivity index (χ3v) is 5.16. The number of esters is 1. The molecule has 0 aromatic heterocycles. The van der Waals surface area contributed by atoms with Crippen LogP contribution in [-0.4, -0.2) is 61.4 Å². The molecule has 1 atom stereocenters. The van der Waals surface area contributed by atoms with Crippen LogP contribution in [0.2, 0.25) is 5.02 Å². The van der Waals surface area contributed by atoms with E-state index >= 15 is 0 Å². The Bertz CT molecular complexity index is 995. The first-order valence-corrected chi connectivity index (χ1v) is 11.5. The number of ether oxygens (including phenoxy) is 3. The molecule has 0 aliphatic heterocycles. The second-order valence-corrected chi connectivity index (χ2v) is 8.77. The standard InChI is InChI=1S/C25H32ClN3O6/c1-17(34-24(32)29(4)16-14-27)33-23(31)25(2,3)35-21-11-5-18(6-12-21)13-15-28-22(30)19-7-9-20(26)10-8-19/h5-12,17H,13-16,27H2,1-4H3,(H,28,30). The van der Waals surface area contributed by atoms with Gasteiger partial charge >= 0.3 is 12.1 Å². The minimum atomic E-state index is -1.32. The van der Waals surface area contributed by atoms with Gasteiger partial charge in [-0.05, 0) is 62.2 Å². The van der Waals surface area contributed by atoms with Crippen molar-refractivity contribution in [3.8, 4) is 5.75 Å². The van der Waals surface area contributed by atoms with E-state index in [1.54, 1.807) is 50.2 Å². The van der Waals surface area contributed by atoms with Crippen LogP contribution >= 0.6 is 11.6 Å². The normalized spacial score (nSPS) is 11.8. The average molecular weight is 506 g/mol. The number of nitrogens with zero attached hydrogens (tertiary/aromatic N) is 1. The van der Waals surface area contributed by atoms with E-state index in [1.807, 2.05) is 12.1 Å². The molecule has 0 heterocycles. The van der Waals surface area contributed by atoms with Gasteiger partial charge in [0.15, 0.2) is 5.60 Å². The average Bonchev–Trinajstić information content (AvgIpc) is 2.80. The Hall–Kier alpha value is -3.30. The third-order valence-electron chi connectivity index (χ3n) is 4.91. The van der Waals surface area contributed by atoms with Crippen molar-refractivity contribution in [2.45, 2.75) is 39.1 Å². The minimum Gasteiger partial charge on any atom is -0.476 e. The van der Waals surface area contributed by atoms with Crippen LogP contribution in [0.1, 0.15) is 36.7 Å². The molecule has 0 bridgehead atoms. The highest BCUT2D eigenvalue weighted by molar-refractivity contribution is 6.30. The Morgan fingerprint density at radius 1 is 1.06 bits per heavy atom. The Kier molecular flexibility index (Phi) is 10.4. The molecule has 35 heavy (non-hydrogen) atoms. The summed E-state index contributed by atoms with van der Waals surface area (Å²) in [7, 11) is 1.54. The molecule has 2 aromatic rings. The summed E-state index contributed by atoms with van der Waals surface area (Å²) >= 11 is 5.84. The van der Waals surface area contributed by atoms with Crippen molar-refractivity contribution in [1.29, 1.82) is 0 Å². The van der Waals surface area contributed by atoms with Gasteiger partial charge in [0.05, 0.1) is 0 Å². The number of benzene rings is 2. The zero-order chi connectivity index (χ0) is 26.0. The quantitative estimate of drug-likeness (QED) is 0.354. The number of hydrogen-bond donors (Lipinski definition) is 2. The Morgan fingerprint density at radius 2 is 1.69 bits per heavy atom. The molecule has 2 aromatic carbocycles. The Balaban J connectivity index is 1.82. The van der Waals surface area contributed by atoms with Gasteiger partial charge in [-0.3, -0.25) is 4.79 Å². The summed E-state index contributed by atoms with van der Waals surface area (Å²) in [5.41, 5.74) is 5.61. The number of nitrogens with two attached hydrogens (primary N) is 1. The van der Waals surface area contributed by atoms with Crippen LogP contribution in [-0.2, 0) is 20.7 Å². The van der Waals surface area contributed by atoms with Gasteiger partial charge in [-0.15, -0.1) is 0 Å². The van der Waals surface area contributed by atoms with Gasteiger partial charge in [0.1, 0.15) is 5.75 Å². The van der Waals surface area contributed by atoms with Gasteiger partial charge in [-0.1, -0.05) is 23.7 Å². The molecule has 0 aliphatic carbocycles. The van der Waals surface area contributed by atoms with Crippen molar-refractivity contribution in [2.75, 3.05) is 26.7 Å². The zero-order valence-electron chi connectivity index (χ0n) is 20.4. The lowest BCUT2D eigenvalue weighted by molar-refractivity contribution is -0.181. The van der Waals surface area contributed by atoms with E-state index in [0.29, 0.717) is 35.8 Å². The second-order valence-electron chi connectivity index (χ2n) is 8.34. The predicted octanol–water partition coefficient (Wildman–Crippen LogP) is 3.39. The van der Waals surface area contributed by atoms with E-state index in [-0.39, 0.29) is 12.5 Å². The monoisotopic (exact) mass is 505 g/mol. The highest BCUT2D eigenvalue weighted by atomic mass is 35.5. The molecule has 10 heteroatoms.